The zero-order valence-electron chi connectivity index (χ0n) is 15.7. The normalized spacial score (nSPS) is 15.9. The molecule has 2 heterocycles. The Hall–Kier alpha value is -3.06. The second-order valence-corrected chi connectivity index (χ2v) is 7.03. The zero-order chi connectivity index (χ0) is 19.2. The molecule has 1 N–H and O–H groups in total. The fraction of sp³-hybridized carbons (Fsp3) is 0.333. The summed E-state index contributed by atoms with van der Waals surface area (Å²) in [6.45, 7) is 2.75. The van der Waals surface area contributed by atoms with Crippen molar-refractivity contribution in [3.63, 3.8) is 0 Å². The van der Waals surface area contributed by atoms with Crippen molar-refractivity contribution in [2.24, 2.45) is 0 Å². The molecule has 1 aliphatic heterocycles. The van der Waals surface area contributed by atoms with Gasteiger partial charge in [-0.05, 0) is 66.2 Å². The van der Waals surface area contributed by atoms with Crippen molar-refractivity contribution in [3.05, 3.63) is 72.1 Å². The summed E-state index contributed by atoms with van der Waals surface area (Å²) in [6, 6.07) is 17.9. The summed E-state index contributed by atoms with van der Waals surface area (Å²) >= 11 is 0. The molecule has 0 spiro atoms. The van der Waals surface area contributed by atoms with Gasteiger partial charge in [0.25, 0.3) is 5.91 Å². The molecule has 1 fully saturated rings. The highest BCUT2D eigenvalue weighted by molar-refractivity contribution is 5.94. The number of hydrogen-bond donors (Lipinski definition) is 1. The molecule has 3 aromatic rings. The van der Waals surface area contributed by atoms with Gasteiger partial charge in [0.2, 0.25) is 0 Å². The average molecular weight is 376 g/mol. The first kappa shape index (κ1) is 18.3. The van der Waals surface area contributed by atoms with Crippen LogP contribution in [0.1, 0.15) is 41.2 Å². The Bertz CT molecular complexity index is 873. The molecule has 1 unspecified atom stereocenters. The smallest absolute Gasteiger partial charge is 0.251 e. The first-order chi connectivity index (χ1) is 13.8. The topological polar surface area (TPSA) is 75.9 Å². The summed E-state index contributed by atoms with van der Waals surface area (Å²) in [7, 11) is 0. The van der Waals surface area contributed by atoms with Crippen LogP contribution in [0.3, 0.4) is 0 Å². The van der Waals surface area contributed by atoms with E-state index in [2.05, 4.69) is 50.0 Å². The van der Waals surface area contributed by atoms with Gasteiger partial charge >= 0.3 is 0 Å². The minimum absolute atomic E-state index is 0.0683. The Kier molecular flexibility index (Phi) is 5.72. The van der Waals surface area contributed by atoms with Crippen molar-refractivity contribution in [1.29, 1.82) is 0 Å². The highest BCUT2D eigenvalue weighted by atomic mass is 16.1. The van der Waals surface area contributed by atoms with E-state index < -0.39 is 0 Å². The van der Waals surface area contributed by atoms with Gasteiger partial charge in [-0.2, -0.15) is 0 Å². The lowest BCUT2D eigenvalue weighted by Gasteiger charge is -2.35. The Morgan fingerprint density at radius 3 is 2.43 bits per heavy atom. The second kappa shape index (κ2) is 8.75. The van der Waals surface area contributed by atoms with Crippen molar-refractivity contribution >= 4 is 5.91 Å². The third kappa shape index (κ3) is 4.26. The number of hydrogen-bond acceptors (Lipinski definition) is 5. The maximum atomic E-state index is 12.7. The standard InChI is InChI=1S/C21H24N6O/c28-21(18-9-11-19(12-10-18)27-16-23-24-25-27)22-15-20(17-7-3-1-4-8-17)26-13-5-2-6-14-26/h1,3-4,7-12,16,20H,2,5-6,13-15H2,(H,22,28). The minimum Gasteiger partial charge on any atom is -0.350 e. The van der Waals surface area contributed by atoms with E-state index in [0.717, 1.165) is 18.8 Å². The summed E-state index contributed by atoms with van der Waals surface area (Å²) in [4.78, 5) is 15.2. The van der Waals surface area contributed by atoms with E-state index in [0.29, 0.717) is 12.1 Å². The molecule has 1 aromatic heterocycles. The number of nitrogens with zero attached hydrogens (tertiary/aromatic N) is 5. The van der Waals surface area contributed by atoms with E-state index >= 15 is 0 Å². The molecule has 2 aromatic carbocycles. The van der Waals surface area contributed by atoms with Gasteiger partial charge in [-0.1, -0.05) is 36.8 Å². The molecule has 0 saturated carbocycles. The number of tetrazole rings is 1. The van der Waals surface area contributed by atoms with Crippen LogP contribution in [0.5, 0.6) is 0 Å². The number of carbonyl (C=O) groups is 1. The zero-order valence-corrected chi connectivity index (χ0v) is 15.7. The molecule has 7 heteroatoms. The van der Waals surface area contributed by atoms with Crippen LogP contribution in [0, 0.1) is 0 Å². The molecule has 1 atom stereocenters. The van der Waals surface area contributed by atoms with Gasteiger partial charge in [-0.15, -0.1) is 5.10 Å². The monoisotopic (exact) mass is 376 g/mol. The summed E-state index contributed by atoms with van der Waals surface area (Å²) in [5, 5.41) is 14.2. The molecular formula is C21H24N6O. The number of aromatic nitrogens is 4. The van der Waals surface area contributed by atoms with E-state index in [-0.39, 0.29) is 11.9 Å². The summed E-state index contributed by atoms with van der Waals surface area (Å²) in [5.41, 5.74) is 2.69. The molecule has 0 radical (unpaired) electrons. The molecule has 1 aliphatic rings. The molecule has 144 valence electrons. The Morgan fingerprint density at radius 2 is 1.75 bits per heavy atom. The van der Waals surface area contributed by atoms with Gasteiger partial charge < -0.3 is 5.32 Å². The second-order valence-electron chi connectivity index (χ2n) is 7.03. The predicted molar refractivity (Wildman–Crippen MR) is 106 cm³/mol. The van der Waals surface area contributed by atoms with Crippen molar-refractivity contribution in [2.45, 2.75) is 25.3 Å². The molecule has 1 saturated heterocycles. The Morgan fingerprint density at radius 1 is 1.00 bits per heavy atom. The van der Waals surface area contributed by atoms with E-state index in [9.17, 15) is 4.79 Å². The highest BCUT2D eigenvalue weighted by Gasteiger charge is 2.22. The SMILES string of the molecule is O=C(NCC(c1ccccc1)N1CCCCC1)c1ccc(-n2cnnn2)cc1. The highest BCUT2D eigenvalue weighted by Crippen LogP contribution is 2.24. The lowest BCUT2D eigenvalue weighted by atomic mass is 10.0. The van der Waals surface area contributed by atoms with Crippen LogP contribution in [0.15, 0.2) is 60.9 Å². The molecule has 7 nitrogen and oxygen atoms in total. The van der Waals surface area contributed by atoms with Crippen LogP contribution in [-0.4, -0.2) is 50.6 Å². The number of piperidine rings is 1. The van der Waals surface area contributed by atoms with Crippen LogP contribution in [0.2, 0.25) is 0 Å². The number of amides is 1. The minimum atomic E-state index is -0.0683. The van der Waals surface area contributed by atoms with Crippen molar-refractivity contribution in [2.75, 3.05) is 19.6 Å². The van der Waals surface area contributed by atoms with Crippen molar-refractivity contribution < 1.29 is 4.79 Å². The maximum absolute atomic E-state index is 12.7. The number of rotatable bonds is 6. The van der Waals surface area contributed by atoms with Crippen molar-refractivity contribution in [1.82, 2.24) is 30.4 Å². The van der Waals surface area contributed by atoms with Gasteiger partial charge in [0, 0.05) is 12.1 Å². The lowest BCUT2D eigenvalue weighted by Crippen LogP contribution is -2.40. The summed E-state index contributed by atoms with van der Waals surface area (Å²) in [6.07, 6.45) is 5.25. The summed E-state index contributed by atoms with van der Waals surface area (Å²) < 4.78 is 1.56. The predicted octanol–water partition coefficient (Wildman–Crippen LogP) is 2.62. The van der Waals surface area contributed by atoms with E-state index in [1.165, 1.54) is 31.2 Å². The van der Waals surface area contributed by atoms with E-state index in [1.807, 2.05) is 18.2 Å². The molecule has 28 heavy (non-hydrogen) atoms. The first-order valence-electron chi connectivity index (χ1n) is 9.72. The van der Waals surface area contributed by atoms with Gasteiger partial charge in [0.1, 0.15) is 6.33 Å². The average Bonchev–Trinajstić information content (AvgIpc) is 3.30. The fourth-order valence-electron chi connectivity index (χ4n) is 3.70. The largest absolute Gasteiger partial charge is 0.350 e. The van der Waals surface area contributed by atoms with Crippen molar-refractivity contribution in [3.8, 4) is 5.69 Å². The Balaban J connectivity index is 1.43. The fourth-order valence-corrected chi connectivity index (χ4v) is 3.70. The van der Waals surface area contributed by atoms with Crippen LogP contribution in [0.25, 0.3) is 5.69 Å². The molecular weight excluding hydrogens is 352 g/mol. The maximum Gasteiger partial charge on any atom is 0.251 e. The van der Waals surface area contributed by atoms with Crippen LogP contribution >= 0.6 is 0 Å². The number of nitrogens with one attached hydrogen (secondary N) is 1. The van der Waals surface area contributed by atoms with Gasteiger partial charge in [-0.3, -0.25) is 9.69 Å². The van der Waals surface area contributed by atoms with Crippen LogP contribution in [0.4, 0.5) is 0 Å². The molecule has 4 rings (SSSR count). The Labute approximate surface area is 164 Å². The van der Waals surface area contributed by atoms with Gasteiger partial charge in [0.15, 0.2) is 0 Å². The third-order valence-electron chi connectivity index (χ3n) is 5.21. The molecule has 0 bridgehead atoms. The van der Waals surface area contributed by atoms with Crippen LogP contribution < -0.4 is 5.32 Å². The number of likely N-dealkylation sites (tertiary alicyclic amines) is 1. The molecule has 1 amide bonds. The van der Waals surface area contributed by atoms with Crippen LogP contribution in [-0.2, 0) is 0 Å². The van der Waals surface area contributed by atoms with E-state index in [1.54, 1.807) is 16.8 Å². The quantitative estimate of drug-likeness (QED) is 0.716. The summed E-state index contributed by atoms with van der Waals surface area (Å²) in [5.74, 6) is -0.0683. The van der Waals surface area contributed by atoms with Gasteiger partial charge in [0.05, 0.1) is 11.7 Å². The first-order valence-corrected chi connectivity index (χ1v) is 9.72. The third-order valence-corrected chi connectivity index (χ3v) is 5.21. The van der Waals surface area contributed by atoms with E-state index in [4.69, 9.17) is 0 Å². The van der Waals surface area contributed by atoms with Gasteiger partial charge in [-0.25, -0.2) is 4.68 Å². The number of benzene rings is 2. The number of carbonyl (C=O) groups excluding carboxylic acids is 1. The lowest BCUT2D eigenvalue weighted by molar-refractivity contribution is 0.0924. The molecule has 0 aliphatic carbocycles.